The van der Waals surface area contributed by atoms with Gasteiger partial charge in [-0.3, -0.25) is 0 Å². The highest BCUT2D eigenvalue weighted by Crippen LogP contribution is 2.67. The molecule has 0 unspecified atom stereocenters. The van der Waals surface area contributed by atoms with Gasteiger partial charge in [-0.25, -0.2) is 0 Å². The lowest BCUT2D eigenvalue weighted by Crippen LogP contribution is -2.52. The van der Waals surface area contributed by atoms with Gasteiger partial charge < -0.3 is 0 Å². The van der Waals surface area contributed by atoms with E-state index < -0.39 is 3.79 Å². The summed E-state index contributed by atoms with van der Waals surface area (Å²) in [5.41, 5.74) is 0.0341. The Morgan fingerprint density at radius 2 is 1.14 bits per heavy atom. The van der Waals surface area contributed by atoms with E-state index >= 15 is 0 Å². The van der Waals surface area contributed by atoms with Crippen LogP contribution in [0.4, 0.5) is 0 Å². The van der Waals surface area contributed by atoms with Crippen LogP contribution in [0.5, 0.6) is 0 Å². The number of hydrogen-bond donors (Lipinski definition) is 0. The van der Waals surface area contributed by atoms with Gasteiger partial charge in [0.25, 0.3) is 0 Å². The molecule has 0 nitrogen and oxygen atoms in total. The van der Waals surface area contributed by atoms with Gasteiger partial charge in [0.1, 0.15) is 0 Å². The third-order valence-corrected chi connectivity index (χ3v) is 5.84. The quantitative estimate of drug-likeness (QED) is 0.555. The van der Waals surface area contributed by atoms with Crippen LogP contribution in [0.2, 0.25) is 0 Å². The van der Waals surface area contributed by atoms with Crippen LogP contribution >= 0.6 is 34.8 Å². The molecule has 0 heterocycles. The van der Waals surface area contributed by atoms with Crippen LogP contribution in [-0.4, -0.2) is 3.79 Å². The third kappa shape index (κ3) is 1.33. The van der Waals surface area contributed by atoms with Gasteiger partial charge in [-0.05, 0) is 56.3 Å². The van der Waals surface area contributed by atoms with Crippen LogP contribution in [-0.2, 0) is 0 Å². The van der Waals surface area contributed by atoms with Crippen LogP contribution in [0, 0.1) is 23.2 Å². The fraction of sp³-hybridized carbons (Fsp3) is 1.00. The van der Waals surface area contributed by atoms with E-state index in [1.165, 1.54) is 19.3 Å². The Bertz CT molecular complexity index is 218. The third-order valence-electron chi connectivity index (χ3n) is 4.64. The second-order valence-corrected chi connectivity index (χ2v) is 7.98. The van der Waals surface area contributed by atoms with Crippen molar-refractivity contribution in [2.24, 2.45) is 23.2 Å². The summed E-state index contributed by atoms with van der Waals surface area (Å²) in [5.74, 6) is 2.57. The Kier molecular flexibility index (Phi) is 2.12. The molecule has 0 aromatic rings. The van der Waals surface area contributed by atoms with E-state index in [4.69, 9.17) is 34.8 Å². The normalized spacial score (nSPS) is 51.2. The van der Waals surface area contributed by atoms with Crippen molar-refractivity contribution in [3.05, 3.63) is 0 Å². The van der Waals surface area contributed by atoms with Gasteiger partial charge in [-0.2, -0.15) is 0 Å². The predicted octanol–water partition coefficient (Wildman–Crippen LogP) is 4.57. The maximum atomic E-state index is 6.18. The molecule has 0 aliphatic heterocycles. The largest absolute Gasteiger partial charge is 0.196 e. The highest BCUT2D eigenvalue weighted by atomic mass is 35.6. The van der Waals surface area contributed by atoms with E-state index in [1.54, 1.807) is 0 Å². The van der Waals surface area contributed by atoms with Gasteiger partial charge in [0.05, 0.1) is 0 Å². The molecule has 0 radical (unpaired) electrons. The van der Waals surface area contributed by atoms with E-state index in [2.05, 4.69) is 0 Å². The zero-order valence-corrected chi connectivity index (χ0v) is 10.4. The van der Waals surface area contributed by atoms with E-state index in [1.807, 2.05) is 0 Å². The fourth-order valence-electron chi connectivity index (χ4n) is 4.46. The summed E-state index contributed by atoms with van der Waals surface area (Å²) in [6.45, 7) is 0. The van der Waals surface area contributed by atoms with E-state index in [9.17, 15) is 0 Å². The topological polar surface area (TPSA) is 0 Å². The lowest BCUT2D eigenvalue weighted by Gasteiger charge is -2.59. The monoisotopic (exact) mass is 252 g/mol. The lowest BCUT2D eigenvalue weighted by molar-refractivity contribution is -0.0502. The molecule has 0 aromatic carbocycles. The van der Waals surface area contributed by atoms with Crippen molar-refractivity contribution in [3.63, 3.8) is 0 Å². The van der Waals surface area contributed by atoms with Crippen LogP contribution < -0.4 is 0 Å². The molecule has 4 saturated carbocycles. The molecule has 0 atom stereocenters. The Morgan fingerprint density at radius 1 is 0.786 bits per heavy atom. The summed E-state index contributed by atoms with van der Waals surface area (Å²) in [6, 6.07) is 0. The standard InChI is InChI=1S/C11H15Cl3/c12-11(13,14)10-4-7-1-8(5-10)3-9(2-7)6-10/h7-9H,1-6H2. The minimum atomic E-state index is -1.02. The van der Waals surface area contributed by atoms with E-state index in [0.29, 0.717) is 0 Å². The van der Waals surface area contributed by atoms with Crippen molar-refractivity contribution < 1.29 is 0 Å². The van der Waals surface area contributed by atoms with Crippen molar-refractivity contribution in [1.82, 2.24) is 0 Å². The van der Waals surface area contributed by atoms with Crippen LogP contribution in [0.1, 0.15) is 38.5 Å². The first-order valence-electron chi connectivity index (χ1n) is 5.55. The van der Waals surface area contributed by atoms with Crippen molar-refractivity contribution in [3.8, 4) is 0 Å². The molecular formula is C11H15Cl3. The molecule has 4 aliphatic carbocycles. The summed E-state index contributed by atoms with van der Waals surface area (Å²) in [5, 5.41) is 0. The maximum absolute atomic E-state index is 6.18. The van der Waals surface area contributed by atoms with Crippen LogP contribution in [0.3, 0.4) is 0 Å². The molecule has 4 bridgehead atoms. The molecule has 3 heteroatoms. The van der Waals surface area contributed by atoms with Gasteiger partial charge >= 0.3 is 0 Å². The number of halogens is 3. The second-order valence-electron chi connectivity index (χ2n) is 5.70. The van der Waals surface area contributed by atoms with Crippen molar-refractivity contribution in [2.45, 2.75) is 42.3 Å². The first-order chi connectivity index (χ1) is 6.48. The molecule has 4 fully saturated rings. The summed E-state index contributed by atoms with van der Waals surface area (Å²) in [6.07, 6.45) is 7.69. The molecule has 80 valence electrons. The lowest BCUT2D eigenvalue weighted by atomic mass is 9.50. The van der Waals surface area contributed by atoms with Gasteiger partial charge in [0, 0.05) is 5.41 Å². The summed E-state index contributed by atoms with van der Waals surface area (Å²) in [7, 11) is 0. The van der Waals surface area contributed by atoms with Crippen molar-refractivity contribution in [2.75, 3.05) is 0 Å². The SMILES string of the molecule is ClC(Cl)(Cl)C12CC3CC(CC(C3)C1)C2. The van der Waals surface area contributed by atoms with Crippen molar-refractivity contribution >= 4 is 34.8 Å². The molecule has 14 heavy (non-hydrogen) atoms. The predicted molar refractivity (Wildman–Crippen MR) is 60.9 cm³/mol. The first kappa shape index (κ1) is 10.1. The molecule has 0 aromatic heterocycles. The molecule has 0 spiro atoms. The Morgan fingerprint density at radius 3 is 1.43 bits per heavy atom. The highest BCUT2D eigenvalue weighted by Gasteiger charge is 2.59. The maximum Gasteiger partial charge on any atom is 0.196 e. The highest BCUT2D eigenvalue weighted by molar-refractivity contribution is 6.68. The minimum absolute atomic E-state index is 0.0341. The van der Waals surface area contributed by atoms with Crippen LogP contribution in [0.15, 0.2) is 0 Å². The Labute approximate surface area is 100 Å². The number of alkyl halides is 3. The van der Waals surface area contributed by atoms with Crippen molar-refractivity contribution in [1.29, 1.82) is 0 Å². The average Bonchev–Trinajstić information content (AvgIpc) is 1.98. The Balaban J connectivity index is 1.95. The second kappa shape index (κ2) is 2.96. The molecular weight excluding hydrogens is 238 g/mol. The van der Waals surface area contributed by atoms with Gasteiger partial charge in [0.2, 0.25) is 0 Å². The van der Waals surface area contributed by atoms with Crippen LogP contribution in [0.25, 0.3) is 0 Å². The van der Waals surface area contributed by atoms with E-state index in [0.717, 1.165) is 37.0 Å². The fourth-order valence-corrected chi connectivity index (χ4v) is 5.15. The first-order valence-corrected chi connectivity index (χ1v) is 6.69. The number of rotatable bonds is 0. The molecule has 4 rings (SSSR count). The Hall–Kier alpha value is 0.870. The summed E-state index contributed by atoms with van der Waals surface area (Å²) in [4.78, 5) is 0. The smallest absolute Gasteiger partial charge is 0.0831 e. The van der Waals surface area contributed by atoms with E-state index in [-0.39, 0.29) is 5.41 Å². The zero-order valence-electron chi connectivity index (χ0n) is 8.11. The summed E-state index contributed by atoms with van der Waals surface area (Å²) >= 11 is 18.6. The zero-order chi connectivity index (χ0) is 9.97. The van der Waals surface area contributed by atoms with Gasteiger partial charge in [0.15, 0.2) is 3.79 Å². The van der Waals surface area contributed by atoms with Gasteiger partial charge in [-0.15, -0.1) is 0 Å². The molecule has 0 saturated heterocycles. The minimum Gasteiger partial charge on any atom is -0.0831 e. The van der Waals surface area contributed by atoms with Gasteiger partial charge in [-0.1, -0.05) is 34.8 Å². The molecule has 0 amide bonds. The molecule has 0 N–H and O–H groups in total. The summed E-state index contributed by atoms with van der Waals surface area (Å²) < 4.78 is -1.02. The number of hydrogen-bond acceptors (Lipinski definition) is 0. The average molecular weight is 254 g/mol. The molecule has 4 aliphatic rings.